The normalized spacial score (nSPS) is 24.5. The van der Waals surface area contributed by atoms with Gasteiger partial charge in [0.05, 0.1) is 6.04 Å². The first-order chi connectivity index (χ1) is 15.1. The third-order valence-corrected chi connectivity index (χ3v) is 6.97. The van der Waals surface area contributed by atoms with Crippen LogP contribution in [0.2, 0.25) is 0 Å². The number of amides is 2. The Kier molecular flexibility index (Phi) is 6.78. The van der Waals surface area contributed by atoms with E-state index in [0.717, 1.165) is 69.7 Å². The predicted molar refractivity (Wildman–Crippen MR) is 124 cm³/mol. The van der Waals surface area contributed by atoms with Crippen molar-refractivity contribution in [1.82, 2.24) is 20.0 Å². The Morgan fingerprint density at radius 3 is 2.35 bits per heavy atom. The van der Waals surface area contributed by atoms with E-state index in [1.807, 2.05) is 35.3 Å². The molecule has 0 radical (unpaired) electrons. The molecule has 4 rings (SSSR count). The molecular formula is C25H34N4O2. The van der Waals surface area contributed by atoms with E-state index in [4.69, 9.17) is 0 Å². The van der Waals surface area contributed by atoms with Gasteiger partial charge in [-0.05, 0) is 57.0 Å². The molecule has 6 heteroatoms. The third-order valence-electron chi connectivity index (χ3n) is 6.97. The standard InChI is InChI=1S/C25H34N4O2/c1-3-20-17-21(4-2)29(25(31)26-20)23-11-15-28(16-12-23)22-9-13-27(14-10-22)18-19-7-5-6-8-24(19)30/h3-8,17,21-23,30H,1-2,9-16,18H2,(H,26,31). The van der Waals surface area contributed by atoms with E-state index in [1.165, 1.54) is 0 Å². The summed E-state index contributed by atoms with van der Waals surface area (Å²) < 4.78 is 0. The molecule has 0 aliphatic carbocycles. The van der Waals surface area contributed by atoms with Crippen molar-refractivity contribution in [3.8, 4) is 5.75 Å². The highest BCUT2D eigenvalue weighted by molar-refractivity contribution is 5.79. The summed E-state index contributed by atoms with van der Waals surface area (Å²) >= 11 is 0. The highest BCUT2D eigenvalue weighted by Crippen LogP contribution is 2.27. The molecule has 1 aromatic carbocycles. The second-order valence-corrected chi connectivity index (χ2v) is 8.79. The minimum atomic E-state index is -0.0732. The number of para-hydroxylation sites is 1. The molecule has 0 saturated carbocycles. The third kappa shape index (κ3) is 4.86. The van der Waals surface area contributed by atoms with Crippen LogP contribution < -0.4 is 5.32 Å². The zero-order chi connectivity index (χ0) is 21.8. The van der Waals surface area contributed by atoms with Crippen LogP contribution in [0.1, 0.15) is 31.2 Å². The first-order valence-corrected chi connectivity index (χ1v) is 11.4. The van der Waals surface area contributed by atoms with Gasteiger partial charge in [-0.25, -0.2) is 4.79 Å². The van der Waals surface area contributed by atoms with E-state index in [0.29, 0.717) is 11.8 Å². The van der Waals surface area contributed by atoms with E-state index in [1.54, 1.807) is 12.1 Å². The average Bonchev–Trinajstić information content (AvgIpc) is 2.80. The average molecular weight is 423 g/mol. The van der Waals surface area contributed by atoms with Gasteiger partial charge in [-0.15, -0.1) is 6.58 Å². The maximum absolute atomic E-state index is 12.7. The van der Waals surface area contributed by atoms with Crippen molar-refractivity contribution in [1.29, 1.82) is 0 Å². The molecule has 31 heavy (non-hydrogen) atoms. The summed E-state index contributed by atoms with van der Waals surface area (Å²) in [5.41, 5.74) is 1.77. The highest BCUT2D eigenvalue weighted by Gasteiger charge is 2.35. The molecule has 0 aromatic heterocycles. The molecule has 6 nitrogen and oxygen atoms in total. The van der Waals surface area contributed by atoms with Gasteiger partial charge in [-0.1, -0.05) is 30.9 Å². The summed E-state index contributed by atoms with van der Waals surface area (Å²) in [6.07, 6.45) is 9.84. The fourth-order valence-corrected chi connectivity index (χ4v) is 5.20. The first kappa shape index (κ1) is 21.7. The zero-order valence-corrected chi connectivity index (χ0v) is 18.2. The van der Waals surface area contributed by atoms with E-state index in [9.17, 15) is 9.90 Å². The minimum absolute atomic E-state index is 0.0433. The molecule has 3 aliphatic heterocycles. The summed E-state index contributed by atoms with van der Waals surface area (Å²) in [6.45, 7) is 12.7. The number of hydrogen-bond donors (Lipinski definition) is 2. The van der Waals surface area contributed by atoms with Gasteiger partial charge >= 0.3 is 6.03 Å². The van der Waals surface area contributed by atoms with Crippen LogP contribution in [0, 0.1) is 0 Å². The quantitative estimate of drug-likeness (QED) is 0.690. The van der Waals surface area contributed by atoms with Crippen molar-refractivity contribution < 1.29 is 9.90 Å². The molecule has 1 atom stereocenters. The Balaban J connectivity index is 1.27. The van der Waals surface area contributed by atoms with Crippen molar-refractivity contribution in [2.24, 2.45) is 0 Å². The van der Waals surface area contributed by atoms with Crippen molar-refractivity contribution in [3.63, 3.8) is 0 Å². The molecule has 2 N–H and O–H groups in total. The van der Waals surface area contributed by atoms with Crippen LogP contribution in [0.15, 0.2) is 61.3 Å². The number of urea groups is 1. The van der Waals surface area contributed by atoms with Gasteiger partial charge in [0.15, 0.2) is 0 Å². The summed E-state index contributed by atoms with van der Waals surface area (Å²) in [5, 5.41) is 13.0. The lowest BCUT2D eigenvalue weighted by atomic mass is 9.95. The summed E-state index contributed by atoms with van der Waals surface area (Å²) in [5.74, 6) is 0.390. The van der Waals surface area contributed by atoms with Gasteiger partial charge in [-0.2, -0.15) is 0 Å². The molecule has 2 fully saturated rings. The van der Waals surface area contributed by atoms with Gasteiger partial charge in [0.1, 0.15) is 5.75 Å². The molecule has 1 aromatic rings. The number of allylic oxidation sites excluding steroid dienone is 1. The van der Waals surface area contributed by atoms with E-state index in [2.05, 4.69) is 28.3 Å². The van der Waals surface area contributed by atoms with Crippen LogP contribution >= 0.6 is 0 Å². The van der Waals surface area contributed by atoms with Crippen LogP contribution in [0.25, 0.3) is 0 Å². The Morgan fingerprint density at radius 2 is 1.71 bits per heavy atom. The lowest BCUT2D eigenvalue weighted by Gasteiger charge is -2.46. The van der Waals surface area contributed by atoms with Crippen molar-refractivity contribution in [2.45, 2.75) is 50.4 Å². The lowest BCUT2D eigenvalue weighted by Crippen LogP contribution is -2.57. The highest BCUT2D eigenvalue weighted by atomic mass is 16.3. The van der Waals surface area contributed by atoms with Gasteiger partial charge in [-0.3, -0.25) is 4.90 Å². The van der Waals surface area contributed by atoms with E-state index >= 15 is 0 Å². The number of nitrogens with zero attached hydrogens (tertiary/aromatic N) is 3. The number of carbonyl (C=O) groups excluding carboxylic acids is 1. The Labute approximate surface area is 185 Å². The van der Waals surface area contributed by atoms with Gasteiger partial charge < -0.3 is 20.2 Å². The number of carbonyl (C=O) groups is 1. The Hall–Kier alpha value is -2.57. The number of nitrogens with one attached hydrogen (secondary N) is 1. The summed E-state index contributed by atoms with van der Waals surface area (Å²) in [4.78, 5) is 19.7. The van der Waals surface area contributed by atoms with Crippen LogP contribution in [-0.4, -0.2) is 70.1 Å². The predicted octanol–water partition coefficient (Wildman–Crippen LogP) is 3.47. The maximum Gasteiger partial charge on any atom is 0.322 e. The Bertz CT molecular complexity index is 836. The van der Waals surface area contributed by atoms with Crippen LogP contribution in [0.5, 0.6) is 5.75 Å². The van der Waals surface area contributed by atoms with Crippen LogP contribution in [0.4, 0.5) is 4.79 Å². The Morgan fingerprint density at radius 1 is 1.03 bits per heavy atom. The molecule has 166 valence electrons. The molecule has 1 unspecified atom stereocenters. The van der Waals surface area contributed by atoms with Crippen molar-refractivity contribution in [2.75, 3.05) is 26.2 Å². The number of phenols is 1. The molecule has 2 saturated heterocycles. The van der Waals surface area contributed by atoms with Gasteiger partial charge in [0.2, 0.25) is 0 Å². The molecule has 2 amide bonds. The second kappa shape index (κ2) is 9.71. The van der Waals surface area contributed by atoms with Gasteiger partial charge in [0, 0.05) is 43.0 Å². The monoisotopic (exact) mass is 422 g/mol. The van der Waals surface area contributed by atoms with E-state index in [-0.39, 0.29) is 18.1 Å². The van der Waals surface area contributed by atoms with Crippen molar-refractivity contribution >= 4 is 6.03 Å². The number of aromatic hydroxyl groups is 1. The fourth-order valence-electron chi connectivity index (χ4n) is 5.20. The topological polar surface area (TPSA) is 59.1 Å². The van der Waals surface area contributed by atoms with E-state index < -0.39 is 0 Å². The number of hydrogen-bond acceptors (Lipinski definition) is 4. The van der Waals surface area contributed by atoms with Crippen LogP contribution in [0.3, 0.4) is 0 Å². The number of benzene rings is 1. The fraction of sp³-hybridized carbons (Fsp3) is 0.480. The second-order valence-electron chi connectivity index (χ2n) is 8.79. The van der Waals surface area contributed by atoms with Gasteiger partial charge in [0.25, 0.3) is 0 Å². The summed E-state index contributed by atoms with van der Waals surface area (Å²) in [7, 11) is 0. The SMILES string of the molecule is C=CC1=CC(C=C)N(C2CCN(C3CCN(Cc4ccccc4O)CC3)CC2)C(=O)N1. The summed E-state index contributed by atoms with van der Waals surface area (Å²) in [6, 6.07) is 8.36. The van der Waals surface area contributed by atoms with Crippen molar-refractivity contribution in [3.05, 3.63) is 66.9 Å². The lowest BCUT2D eigenvalue weighted by molar-refractivity contribution is 0.0587. The molecular weight excluding hydrogens is 388 g/mol. The largest absolute Gasteiger partial charge is 0.508 e. The molecule has 3 aliphatic rings. The number of likely N-dealkylation sites (tertiary alicyclic amines) is 2. The molecule has 0 spiro atoms. The maximum atomic E-state index is 12.7. The molecule has 3 heterocycles. The number of rotatable bonds is 6. The number of phenolic OH excluding ortho intramolecular Hbond substituents is 1. The minimum Gasteiger partial charge on any atom is -0.508 e. The smallest absolute Gasteiger partial charge is 0.322 e. The molecule has 0 bridgehead atoms. The number of piperidine rings is 2. The van der Waals surface area contributed by atoms with Crippen LogP contribution in [-0.2, 0) is 6.54 Å². The zero-order valence-electron chi connectivity index (χ0n) is 18.2. The first-order valence-electron chi connectivity index (χ1n) is 11.4.